The van der Waals surface area contributed by atoms with Gasteiger partial charge in [-0.25, -0.2) is 0 Å². The summed E-state index contributed by atoms with van der Waals surface area (Å²) in [5.74, 6) is 0.905. The van der Waals surface area contributed by atoms with E-state index in [0.717, 1.165) is 42.5 Å². The Hall–Kier alpha value is -0.770. The van der Waals surface area contributed by atoms with E-state index >= 15 is 0 Å². The molecular formula is C14H21ClN2O. The van der Waals surface area contributed by atoms with Crippen molar-refractivity contribution in [2.24, 2.45) is 0 Å². The highest BCUT2D eigenvalue weighted by Crippen LogP contribution is 2.36. The van der Waals surface area contributed by atoms with Crippen molar-refractivity contribution in [2.75, 3.05) is 33.3 Å². The zero-order chi connectivity index (χ0) is 13.2. The summed E-state index contributed by atoms with van der Waals surface area (Å²) in [6.07, 6.45) is 0. The number of hydrogen-bond acceptors (Lipinski definition) is 3. The smallest absolute Gasteiger partial charge is 0.124 e. The lowest BCUT2D eigenvalue weighted by molar-refractivity contribution is 0.1000. The summed E-state index contributed by atoms with van der Waals surface area (Å²) in [5, 5.41) is 4.14. The van der Waals surface area contributed by atoms with Gasteiger partial charge in [0.15, 0.2) is 0 Å². The van der Waals surface area contributed by atoms with Crippen molar-refractivity contribution in [1.82, 2.24) is 10.2 Å². The van der Waals surface area contributed by atoms with Gasteiger partial charge in [-0.05, 0) is 32.0 Å². The van der Waals surface area contributed by atoms with E-state index in [1.54, 1.807) is 7.11 Å². The summed E-state index contributed by atoms with van der Waals surface area (Å²) in [7, 11) is 1.71. The molecule has 1 fully saturated rings. The number of halogens is 1. The Morgan fingerprint density at radius 1 is 1.28 bits per heavy atom. The van der Waals surface area contributed by atoms with Crippen LogP contribution in [0, 0.1) is 0 Å². The van der Waals surface area contributed by atoms with Crippen LogP contribution >= 0.6 is 11.6 Å². The molecule has 100 valence electrons. The van der Waals surface area contributed by atoms with Crippen molar-refractivity contribution < 1.29 is 4.74 Å². The Kier molecular flexibility index (Phi) is 4.15. The molecule has 18 heavy (non-hydrogen) atoms. The second-order valence-electron chi connectivity index (χ2n) is 5.14. The molecular weight excluding hydrogens is 248 g/mol. The molecule has 1 aromatic carbocycles. The van der Waals surface area contributed by atoms with Crippen LogP contribution in [0.15, 0.2) is 18.2 Å². The number of nitrogens with one attached hydrogen (secondary N) is 1. The molecule has 3 nitrogen and oxygen atoms in total. The first-order valence-corrected chi connectivity index (χ1v) is 6.73. The first kappa shape index (κ1) is 13.7. The van der Waals surface area contributed by atoms with Crippen molar-refractivity contribution >= 4 is 11.6 Å². The monoisotopic (exact) mass is 268 g/mol. The Labute approximate surface area is 114 Å². The summed E-state index contributed by atoms with van der Waals surface area (Å²) >= 11 is 6.13. The maximum absolute atomic E-state index is 6.13. The van der Waals surface area contributed by atoms with Gasteiger partial charge in [0.2, 0.25) is 0 Å². The molecule has 0 aliphatic carbocycles. The van der Waals surface area contributed by atoms with Crippen LogP contribution in [0.2, 0.25) is 5.02 Å². The van der Waals surface area contributed by atoms with Gasteiger partial charge in [-0.3, -0.25) is 4.90 Å². The predicted octanol–water partition coefficient (Wildman–Crippen LogP) is 2.49. The summed E-state index contributed by atoms with van der Waals surface area (Å²) in [6.45, 7) is 8.61. The molecule has 4 heteroatoms. The van der Waals surface area contributed by atoms with Gasteiger partial charge in [0.25, 0.3) is 0 Å². The SMILES string of the molecule is COc1ccc(Cl)cc1C(C)(C)N1CCNCC1. The lowest BCUT2D eigenvalue weighted by atomic mass is 9.90. The first-order valence-electron chi connectivity index (χ1n) is 6.35. The van der Waals surface area contributed by atoms with E-state index in [9.17, 15) is 0 Å². The molecule has 1 aliphatic heterocycles. The highest BCUT2D eigenvalue weighted by Gasteiger charge is 2.32. The van der Waals surface area contributed by atoms with Crippen molar-refractivity contribution in [3.63, 3.8) is 0 Å². The van der Waals surface area contributed by atoms with Gasteiger partial charge < -0.3 is 10.1 Å². The van der Waals surface area contributed by atoms with E-state index < -0.39 is 0 Å². The summed E-state index contributed by atoms with van der Waals surface area (Å²) in [6, 6.07) is 5.84. The van der Waals surface area contributed by atoms with E-state index in [2.05, 4.69) is 24.1 Å². The molecule has 0 bridgehead atoms. The van der Waals surface area contributed by atoms with Gasteiger partial charge in [-0.15, -0.1) is 0 Å². The molecule has 0 amide bonds. The largest absolute Gasteiger partial charge is 0.496 e. The summed E-state index contributed by atoms with van der Waals surface area (Å²) < 4.78 is 5.48. The van der Waals surface area contributed by atoms with E-state index in [-0.39, 0.29) is 5.54 Å². The molecule has 1 aliphatic rings. The molecule has 0 radical (unpaired) electrons. The summed E-state index contributed by atoms with van der Waals surface area (Å²) in [5.41, 5.74) is 1.08. The number of methoxy groups -OCH3 is 1. The molecule has 0 saturated carbocycles. The molecule has 1 heterocycles. The van der Waals surface area contributed by atoms with E-state index in [1.807, 2.05) is 18.2 Å². The van der Waals surface area contributed by atoms with E-state index in [0.29, 0.717) is 0 Å². The number of hydrogen-bond donors (Lipinski definition) is 1. The van der Waals surface area contributed by atoms with Crippen molar-refractivity contribution in [2.45, 2.75) is 19.4 Å². The Balaban J connectivity index is 2.35. The standard InChI is InChI=1S/C14H21ClN2O/c1-14(2,17-8-6-16-7-9-17)12-10-11(15)4-5-13(12)18-3/h4-5,10,16H,6-9H2,1-3H3. The lowest BCUT2D eigenvalue weighted by Crippen LogP contribution is -2.51. The fraction of sp³-hybridized carbons (Fsp3) is 0.571. The average Bonchev–Trinajstić information content (AvgIpc) is 2.39. The normalized spacial score (nSPS) is 17.8. The highest BCUT2D eigenvalue weighted by molar-refractivity contribution is 6.30. The van der Waals surface area contributed by atoms with Gasteiger partial charge >= 0.3 is 0 Å². The second-order valence-corrected chi connectivity index (χ2v) is 5.58. The average molecular weight is 269 g/mol. The minimum absolute atomic E-state index is 0.0711. The molecule has 1 aromatic rings. The number of ether oxygens (including phenoxy) is 1. The predicted molar refractivity (Wildman–Crippen MR) is 75.5 cm³/mol. The van der Waals surface area contributed by atoms with Gasteiger partial charge in [0.1, 0.15) is 5.75 Å². The van der Waals surface area contributed by atoms with Crippen LogP contribution in [0.4, 0.5) is 0 Å². The van der Waals surface area contributed by atoms with Crippen LogP contribution < -0.4 is 10.1 Å². The zero-order valence-corrected chi connectivity index (χ0v) is 12.0. The van der Waals surface area contributed by atoms with Crippen molar-refractivity contribution in [1.29, 1.82) is 0 Å². The Morgan fingerprint density at radius 3 is 2.56 bits per heavy atom. The van der Waals surface area contributed by atoms with E-state index in [4.69, 9.17) is 16.3 Å². The second kappa shape index (κ2) is 5.47. The minimum Gasteiger partial charge on any atom is -0.496 e. The zero-order valence-electron chi connectivity index (χ0n) is 11.3. The number of nitrogens with zero attached hydrogens (tertiary/aromatic N) is 1. The van der Waals surface area contributed by atoms with Crippen molar-refractivity contribution in [3.05, 3.63) is 28.8 Å². The summed E-state index contributed by atoms with van der Waals surface area (Å²) in [4.78, 5) is 2.47. The van der Waals surface area contributed by atoms with Crippen LogP contribution in [-0.2, 0) is 5.54 Å². The molecule has 0 aromatic heterocycles. The van der Waals surface area contributed by atoms with Crippen LogP contribution in [-0.4, -0.2) is 38.2 Å². The van der Waals surface area contributed by atoms with Gasteiger partial charge in [-0.1, -0.05) is 11.6 Å². The maximum atomic E-state index is 6.13. The molecule has 2 rings (SSSR count). The number of benzene rings is 1. The quantitative estimate of drug-likeness (QED) is 0.912. The first-order chi connectivity index (χ1) is 8.55. The van der Waals surface area contributed by atoms with Gasteiger partial charge in [0.05, 0.1) is 7.11 Å². The van der Waals surface area contributed by atoms with Gasteiger partial charge in [-0.2, -0.15) is 0 Å². The topological polar surface area (TPSA) is 24.5 Å². The Bertz CT molecular complexity index is 414. The maximum Gasteiger partial charge on any atom is 0.124 e. The molecule has 1 N–H and O–H groups in total. The van der Waals surface area contributed by atoms with Crippen molar-refractivity contribution in [3.8, 4) is 5.75 Å². The van der Waals surface area contributed by atoms with Crippen LogP contribution in [0.25, 0.3) is 0 Å². The fourth-order valence-corrected chi connectivity index (χ4v) is 2.72. The highest BCUT2D eigenvalue weighted by atomic mass is 35.5. The van der Waals surface area contributed by atoms with E-state index in [1.165, 1.54) is 0 Å². The fourth-order valence-electron chi connectivity index (χ4n) is 2.55. The molecule has 0 spiro atoms. The Morgan fingerprint density at radius 2 is 1.94 bits per heavy atom. The third-order valence-corrected chi connectivity index (χ3v) is 3.96. The lowest BCUT2D eigenvalue weighted by Gasteiger charge is -2.42. The third kappa shape index (κ3) is 2.63. The molecule has 0 unspecified atom stereocenters. The molecule has 0 atom stereocenters. The minimum atomic E-state index is -0.0711. The van der Waals surface area contributed by atoms with Gasteiger partial charge in [0, 0.05) is 42.3 Å². The van der Waals surface area contributed by atoms with Crippen LogP contribution in [0.3, 0.4) is 0 Å². The van der Waals surface area contributed by atoms with Crippen LogP contribution in [0.5, 0.6) is 5.75 Å². The number of piperazine rings is 1. The molecule has 1 saturated heterocycles. The van der Waals surface area contributed by atoms with Crippen LogP contribution in [0.1, 0.15) is 19.4 Å². The third-order valence-electron chi connectivity index (χ3n) is 3.73. The number of rotatable bonds is 3.